The van der Waals surface area contributed by atoms with Crippen molar-refractivity contribution in [1.82, 2.24) is 15.5 Å². The number of carbonyl (C=O) groups excluding carboxylic acids is 3. The van der Waals surface area contributed by atoms with Crippen LogP contribution in [0.1, 0.15) is 35.3 Å². The van der Waals surface area contributed by atoms with E-state index in [0.29, 0.717) is 17.1 Å². The predicted octanol–water partition coefficient (Wildman–Crippen LogP) is 3.10. The number of nitrogens with zero attached hydrogens (tertiary/aromatic N) is 1. The number of carbonyl (C=O) groups is 3. The molecule has 2 aromatic carbocycles. The minimum atomic E-state index is -0.875. The molecule has 3 rings (SSSR count). The van der Waals surface area contributed by atoms with Gasteiger partial charge in [-0.05, 0) is 37.1 Å². The summed E-state index contributed by atoms with van der Waals surface area (Å²) < 4.78 is 0. The Morgan fingerprint density at radius 3 is 2.30 bits per heavy atom. The average molecular weight is 386 g/mol. The molecule has 1 aliphatic rings. The molecule has 1 fully saturated rings. The van der Waals surface area contributed by atoms with Crippen LogP contribution in [0.4, 0.5) is 4.79 Å². The number of nitrogens with one attached hydrogen (secondary N) is 2. The van der Waals surface area contributed by atoms with Crippen LogP contribution in [0.5, 0.6) is 0 Å². The fraction of sp³-hybridized carbons (Fsp3) is 0.250. The zero-order valence-electron chi connectivity index (χ0n) is 15.1. The van der Waals surface area contributed by atoms with E-state index in [1.54, 1.807) is 38.1 Å². The molecular weight excluding hydrogens is 366 g/mol. The lowest BCUT2D eigenvalue weighted by molar-refractivity contribution is -0.130. The number of hydrogen-bond acceptors (Lipinski definition) is 3. The number of rotatable bonds is 5. The average Bonchev–Trinajstić information content (AvgIpc) is 2.83. The van der Waals surface area contributed by atoms with Crippen molar-refractivity contribution >= 4 is 29.4 Å². The van der Waals surface area contributed by atoms with Crippen LogP contribution < -0.4 is 10.6 Å². The van der Waals surface area contributed by atoms with Crippen molar-refractivity contribution in [3.05, 3.63) is 70.2 Å². The van der Waals surface area contributed by atoms with Crippen molar-refractivity contribution in [2.24, 2.45) is 0 Å². The fourth-order valence-electron chi connectivity index (χ4n) is 2.83. The van der Waals surface area contributed by atoms with Crippen LogP contribution in [0.2, 0.25) is 5.02 Å². The molecular formula is C20H20ClN3O3. The summed E-state index contributed by atoms with van der Waals surface area (Å²) in [6.45, 7) is 3.91. The predicted molar refractivity (Wildman–Crippen MR) is 102 cm³/mol. The van der Waals surface area contributed by atoms with E-state index in [4.69, 9.17) is 11.6 Å². The molecule has 6 nitrogen and oxygen atoms in total. The third-order valence-electron chi connectivity index (χ3n) is 4.38. The van der Waals surface area contributed by atoms with E-state index in [-0.39, 0.29) is 24.4 Å². The largest absolute Gasteiger partial charge is 0.348 e. The van der Waals surface area contributed by atoms with Crippen molar-refractivity contribution in [1.29, 1.82) is 0 Å². The third-order valence-corrected chi connectivity index (χ3v) is 4.71. The summed E-state index contributed by atoms with van der Waals surface area (Å²) in [6.07, 6.45) is 0. The maximum Gasteiger partial charge on any atom is 0.325 e. The minimum Gasteiger partial charge on any atom is -0.348 e. The van der Waals surface area contributed by atoms with Gasteiger partial charge in [0.25, 0.3) is 11.8 Å². The molecule has 2 N–H and O–H groups in total. The van der Waals surface area contributed by atoms with E-state index in [0.717, 1.165) is 11.1 Å². The Hall–Kier alpha value is -2.86. The minimum absolute atomic E-state index is 0.209. The maximum absolute atomic E-state index is 12.2. The van der Waals surface area contributed by atoms with Gasteiger partial charge in [0.05, 0.1) is 17.1 Å². The first kappa shape index (κ1) is 18.9. The first-order valence-electron chi connectivity index (χ1n) is 8.52. The van der Waals surface area contributed by atoms with Gasteiger partial charge < -0.3 is 10.6 Å². The van der Waals surface area contributed by atoms with Gasteiger partial charge >= 0.3 is 6.03 Å². The molecule has 0 aromatic heterocycles. The summed E-state index contributed by atoms with van der Waals surface area (Å²) >= 11 is 6.02. The topological polar surface area (TPSA) is 78.5 Å². The molecule has 0 spiro atoms. The van der Waals surface area contributed by atoms with E-state index in [1.807, 2.05) is 24.3 Å². The first-order chi connectivity index (χ1) is 12.8. The second kappa shape index (κ2) is 7.40. The van der Waals surface area contributed by atoms with Crippen molar-refractivity contribution in [2.75, 3.05) is 0 Å². The molecule has 1 aliphatic heterocycles. The number of halogens is 1. The van der Waals surface area contributed by atoms with E-state index in [1.165, 1.54) is 4.90 Å². The Bertz CT molecular complexity index is 894. The Morgan fingerprint density at radius 2 is 1.70 bits per heavy atom. The first-order valence-corrected chi connectivity index (χ1v) is 8.90. The fourth-order valence-corrected chi connectivity index (χ4v) is 3.05. The van der Waals surface area contributed by atoms with Gasteiger partial charge in [0.2, 0.25) is 0 Å². The Balaban J connectivity index is 1.59. The highest BCUT2D eigenvalue weighted by Gasteiger charge is 2.43. The van der Waals surface area contributed by atoms with Crippen molar-refractivity contribution in [3.8, 4) is 0 Å². The molecule has 140 valence electrons. The number of imide groups is 1. The molecule has 0 bridgehead atoms. The van der Waals surface area contributed by atoms with Gasteiger partial charge in [0.1, 0.15) is 5.54 Å². The second-order valence-electron chi connectivity index (χ2n) is 6.93. The smallest absolute Gasteiger partial charge is 0.325 e. The highest BCUT2D eigenvalue weighted by atomic mass is 35.5. The Labute approximate surface area is 162 Å². The van der Waals surface area contributed by atoms with Gasteiger partial charge in [-0.1, -0.05) is 48.0 Å². The van der Waals surface area contributed by atoms with Crippen molar-refractivity contribution in [3.63, 3.8) is 0 Å². The maximum atomic E-state index is 12.2. The molecule has 1 saturated heterocycles. The molecule has 0 atom stereocenters. The van der Waals surface area contributed by atoms with E-state index in [2.05, 4.69) is 10.6 Å². The van der Waals surface area contributed by atoms with Crippen LogP contribution in [0, 0.1) is 0 Å². The van der Waals surface area contributed by atoms with E-state index in [9.17, 15) is 14.4 Å². The number of hydrogen-bond donors (Lipinski definition) is 2. The van der Waals surface area contributed by atoms with Gasteiger partial charge in [-0.2, -0.15) is 0 Å². The van der Waals surface area contributed by atoms with E-state index < -0.39 is 5.54 Å². The Morgan fingerprint density at radius 1 is 1.07 bits per heavy atom. The molecule has 0 radical (unpaired) electrons. The summed E-state index contributed by atoms with van der Waals surface area (Å²) in [5, 5.41) is 5.88. The Kier molecular flexibility index (Phi) is 5.19. The summed E-state index contributed by atoms with van der Waals surface area (Å²) in [5.41, 5.74) is 1.28. The number of urea groups is 1. The highest BCUT2D eigenvalue weighted by Crippen LogP contribution is 2.19. The van der Waals surface area contributed by atoms with E-state index >= 15 is 0 Å². The molecule has 4 amide bonds. The monoisotopic (exact) mass is 385 g/mol. The quantitative estimate of drug-likeness (QED) is 0.776. The summed E-state index contributed by atoms with van der Waals surface area (Å²) in [4.78, 5) is 37.6. The van der Waals surface area contributed by atoms with Crippen LogP contribution in [-0.2, 0) is 17.9 Å². The molecule has 0 saturated carbocycles. The zero-order valence-corrected chi connectivity index (χ0v) is 15.8. The van der Waals surface area contributed by atoms with Crippen LogP contribution in [0.3, 0.4) is 0 Å². The second-order valence-corrected chi connectivity index (χ2v) is 7.33. The summed E-state index contributed by atoms with van der Waals surface area (Å²) in [7, 11) is 0. The van der Waals surface area contributed by atoms with Gasteiger partial charge in [0.15, 0.2) is 0 Å². The van der Waals surface area contributed by atoms with Gasteiger partial charge in [0, 0.05) is 6.54 Å². The van der Waals surface area contributed by atoms with Gasteiger partial charge in [-0.15, -0.1) is 0 Å². The third kappa shape index (κ3) is 4.11. The molecule has 0 aliphatic carbocycles. The SMILES string of the molecule is CC1(C)NC(=O)N(Cc2ccc(CNC(=O)c3ccccc3Cl)cc2)C1=O. The van der Waals surface area contributed by atoms with Crippen LogP contribution in [0.15, 0.2) is 48.5 Å². The summed E-state index contributed by atoms with van der Waals surface area (Å²) in [6, 6.07) is 13.9. The van der Waals surface area contributed by atoms with Crippen molar-refractivity contribution in [2.45, 2.75) is 32.5 Å². The lowest BCUT2D eigenvalue weighted by Crippen LogP contribution is -2.40. The van der Waals surface area contributed by atoms with Gasteiger partial charge in [-0.25, -0.2) is 4.79 Å². The molecule has 7 heteroatoms. The van der Waals surface area contributed by atoms with Gasteiger partial charge in [-0.3, -0.25) is 14.5 Å². The number of amides is 4. The van der Waals surface area contributed by atoms with Crippen molar-refractivity contribution < 1.29 is 14.4 Å². The van der Waals surface area contributed by atoms with Crippen LogP contribution in [0.25, 0.3) is 0 Å². The highest BCUT2D eigenvalue weighted by molar-refractivity contribution is 6.33. The van der Waals surface area contributed by atoms with Crippen LogP contribution in [-0.4, -0.2) is 28.3 Å². The summed E-state index contributed by atoms with van der Waals surface area (Å²) in [5.74, 6) is -0.491. The lowest BCUT2D eigenvalue weighted by Gasteiger charge is -2.16. The molecule has 0 unspecified atom stereocenters. The normalized spacial score (nSPS) is 15.6. The number of benzene rings is 2. The molecule has 1 heterocycles. The molecule has 2 aromatic rings. The standard InChI is InChI=1S/C20H20ClN3O3/c1-20(2)18(26)24(19(27)23-20)12-14-9-7-13(8-10-14)11-22-17(25)15-5-3-4-6-16(15)21/h3-10H,11-12H2,1-2H3,(H,22,25)(H,23,27). The zero-order chi connectivity index (χ0) is 19.6. The molecule has 27 heavy (non-hydrogen) atoms. The van der Waals surface area contributed by atoms with Crippen LogP contribution >= 0.6 is 11.6 Å². The lowest BCUT2D eigenvalue weighted by atomic mass is 10.1.